The summed E-state index contributed by atoms with van der Waals surface area (Å²) in [5, 5.41) is 8.76. The Morgan fingerprint density at radius 1 is 1.29 bits per heavy atom. The first-order chi connectivity index (χ1) is 7.66. The third kappa shape index (κ3) is 6.29. The molecule has 0 rings (SSSR count). The van der Waals surface area contributed by atoms with E-state index in [1.807, 2.05) is 0 Å². The van der Waals surface area contributed by atoms with Gasteiger partial charge in [-0.1, -0.05) is 27.7 Å². The Hall–Kier alpha value is -1.06. The van der Waals surface area contributed by atoms with Crippen molar-refractivity contribution in [2.75, 3.05) is 13.6 Å². The molecule has 0 aliphatic rings. The summed E-state index contributed by atoms with van der Waals surface area (Å²) >= 11 is 0. The predicted octanol–water partition coefficient (Wildman–Crippen LogP) is 2.38. The molecule has 17 heavy (non-hydrogen) atoms. The molecule has 0 saturated carbocycles. The van der Waals surface area contributed by atoms with Crippen molar-refractivity contribution >= 4 is 11.9 Å². The number of carbonyl (C=O) groups is 2. The molecule has 1 amide bonds. The molecule has 4 heteroatoms. The molecule has 0 aromatic heterocycles. The van der Waals surface area contributed by atoms with Crippen molar-refractivity contribution in [1.82, 2.24) is 4.90 Å². The first-order valence-electron chi connectivity index (χ1n) is 6.14. The van der Waals surface area contributed by atoms with Gasteiger partial charge in [-0.25, -0.2) is 0 Å². The second kappa shape index (κ2) is 6.62. The maximum atomic E-state index is 12.0. The molecular formula is C13H25NO3. The molecule has 0 aliphatic heterocycles. The van der Waals surface area contributed by atoms with Gasteiger partial charge in [0.25, 0.3) is 0 Å². The van der Waals surface area contributed by atoms with Gasteiger partial charge in [0, 0.05) is 13.6 Å². The Balaban J connectivity index is 4.24. The number of aliphatic carboxylic acids is 1. The fourth-order valence-corrected chi connectivity index (χ4v) is 1.81. The van der Waals surface area contributed by atoms with Gasteiger partial charge in [-0.2, -0.15) is 0 Å². The summed E-state index contributed by atoms with van der Waals surface area (Å²) in [5.74, 6) is -0.395. The Morgan fingerprint density at radius 2 is 1.82 bits per heavy atom. The molecule has 0 unspecified atom stereocenters. The van der Waals surface area contributed by atoms with E-state index in [4.69, 9.17) is 5.11 Å². The lowest BCUT2D eigenvalue weighted by molar-refractivity contribution is -0.148. The van der Waals surface area contributed by atoms with E-state index in [2.05, 4.69) is 13.8 Å². The number of rotatable bonds is 7. The smallest absolute Gasteiger partial charge is 0.304 e. The van der Waals surface area contributed by atoms with Crippen molar-refractivity contribution in [2.24, 2.45) is 11.3 Å². The zero-order valence-corrected chi connectivity index (χ0v) is 11.6. The molecule has 1 N–H and O–H groups in total. The van der Waals surface area contributed by atoms with Crippen LogP contribution in [0.1, 0.15) is 47.0 Å². The first kappa shape index (κ1) is 15.9. The molecule has 0 bridgehead atoms. The summed E-state index contributed by atoms with van der Waals surface area (Å²) in [6.45, 7) is 8.36. The lowest BCUT2D eigenvalue weighted by Crippen LogP contribution is -2.40. The molecule has 100 valence electrons. The van der Waals surface area contributed by atoms with E-state index < -0.39 is 11.4 Å². The van der Waals surface area contributed by atoms with Crippen LogP contribution in [0, 0.1) is 11.3 Å². The van der Waals surface area contributed by atoms with Crippen molar-refractivity contribution in [2.45, 2.75) is 47.0 Å². The largest absolute Gasteiger partial charge is 0.481 e. The fraction of sp³-hybridized carbons (Fsp3) is 0.846. The van der Waals surface area contributed by atoms with Crippen LogP contribution in [0.5, 0.6) is 0 Å². The van der Waals surface area contributed by atoms with E-state index in [1.165, 1.54) is 0 Å². The topological polar surface area (TPSA) is 57.6 Å². The molecule has 0 spiro atoms. The standard InChI is InChI=1S/C13H25NO3/c1-10(2)7-6-8-14(5)12(17)13(3,4)9-11(15)16/h10H,6-9H2,1-5H3,(H,15,16). The second-order valence-corrected chi connectivity index (χ2v) is 5.72. The summed E-state index contributed by atoms with van der Waals surface area (Å²) in [7, 11) is 1.74. The van der Waals surface area contributed by atoms with Crippen LogP contribution in [0.2, 0.25) is 0 Å². The number of carboxylic acid groups (broad SMARTS) is 1. The zero-order valence-electron chi connectivity index (χ0n) is 11.6. The molecule has 0 heterocycles. The minimum atomic E-state index is -0.932. The van der Waals surface area contributed by atoms with Crippen LogP contribution in [-0.2, 0) is 9.59 Å². The molecule has 0 aliphatic carbocycles. The molecule has 4 nitrogen and oxygen atoms in total. The SMILES string of the molecule is CC(C)CCCN(C)C(=O)C(C)(C)CC(=O)O. The summed E-state index contributed by atoms with van der Waals surface area (Å²) in [6.07, 6.45) is 1.92. The Kier molecular flexibility index (Phi) is 6.21. The van der Waals surface area contributed by atoms with Crippen LogP contribution in [0.25, 0.3) is 0 Å². The summed E-state index contributed by atoms with van der Waals surface area (Å²) in [5.41, 5.74) is -0.821. The highest BCUT2D eigenvalue weighted by atomic mass is 16.4. The van der Waals surface area contributed by atoms with Gasteiger partial charge in [0.1, 0.15) is 0 Å². The van der Waals surface area contributed by atoms with Crippen LogP contribution < -0.4 is 0 Å². The average molecular weight is 243 g/mol. The van der Waals surface area contributed by atoms with Crippen molar-refractivity contribution in [1.29, 1.82) is 0 Å². The second-order valence-electron chi connectivity index (χ2n) is 5.72. The third-order valence-electron chi connectivity index (χ3n) is 2.79. The highest BCUT2D eigenvalue weighted by molar-refractivity contribution is 5.86. The van der Waals surface area contributed by atoms with Crippen LogP contribution in [0.3, 0.4) is 0 Å². The van der Waals surface area contributed by atoms with Gasteiger partial charge in [-0.05, 0) is 18.8 Å². The van der Waals surface area contributed by atoms with Crippen molar-refractivity contribution in [3.8, 4) is 0 Å². The molecular weight excluding hydrogens is 218 g/mol. The molecule has 0 atom stereocenters. The first-order valence-corrected chi connectivity index (χ1v) is 6.14. The van der Waals surface area contributed by atoms with Gasteiger partial charge in [-0.3, -0.25) is 9.59 Å². The lowest BCUT2D eigenvalue weighted by atomic mass is 9.87. The van der Waals surface area contributed by atoms with E-state index in [0.717, 1.165) is 12.8 Å². The van der Waals surface area contributed by atoms with Gasteiger partial charge in [0.2, 0.25) is 5.91 Å². The van der Waals surface area contributed by atoms with Crippen molar-refractivity contribution < 1.29 is 14.7 Å². The van der Waals surface area contributed by atoms with E-state index in [0.29, 0.717) is 12.5 Å². The van der Waals surface area contributed by atoms with Gasteiger partial charge >= 0.3 is 5.97 Å². The molecule has 0 fully saturated rings. The van der Waals surface area contributed by atoms with Crippen molar-refractivity contribution in [3.63, 3.8) is 0 Å². The lowest BCUT2D eigenvalue weighted by Gasteiger charge is -2.28. The number of carboxylic acids is 1. The van der Waals surface area contributed by atoms with Crippen LogP contribution in [-0.4, -0.2) is 35.5 Å². The third-order valence-corrected chi connectivity index (χ3v) is 2.79. The summed E-state index contributed by atoms with van der Waals surface area (Å²) < 4.78 is 0. The number of nitrogens with zero attached hydrogens (tertiary/aromatic N) is 1. The Bertz CT molecular complexity index is 272. The zero-order chi connectivity index (χ0) is 13.6. The fourth-order valence-electron chi connectivity index (χ4n) is 1.81. The van der Waals surface area contributed by atoms with Crippen LogP contribution >= 0.6 is 0 Å². The number of amides is 1. The van der Waals surface area contributed by atoms with Crippen LogP contribution in [0.15, 0.2) is 0 Å². The van der Waals surface area contributed by atoms with Gasteiger partial charge in [-0.15, -0.1) is 0 Å². The van der Waals surface area contributed by atoms with E-state index in [-0.39, 0.29) is 12.3 Å². The van der Waals surface area contributed by atoms with E-state index in [1.54, 1.807) is 25.8 Å². The number of hydrogen-bond acceptors (Lipinski definition) is 2. The number of hydrogen-bond donors (Lipinski definition) is 1. The maximum Gasteiger partial charge on any atom is 0.304 e. The monoisotopic (exact) mass is 243 g/mol. The molecule has 0 saturated heterocycles. The van der Waals surface area contributed by atoms with E-state index >= 15 is 0 Å². The minimum absolute atomic E-state index is 0.0938. The van der Waals surface area contributed by atoms with Crippen LogP contribution in [0.4, 0.5) is 0 Å². The minimum Gasteiger partial charge on any atom is -0.481 e. The number of carbonyl (C=O) groups excluding carboxylic acids is 1. The Labute approximate surface area is 104 Å². The van der Waals surface area contributed by atoms with Crippen molar-refractivity contribution in [3.05, 3.63) is 0 Å². The highest BCUT2D eigenvalue weighted by Crippen LogP contribution is 2.23. The average Bonchev–Trinajstić information content (AvgIpc) is 2.13. The molecule has 0 radical (unpaired) electrons. The summed E-state index contributed by atoms with van der Waals surface area (Å²) in [6, 6.07) is 0. The van der Waals surface area contributed by atoms with Gasteiger partial charge in [0.05, 0.1) is 11.8 Å². The summed E-state index contributed by atoms with van der Waals surface area (Å²) in [4.78, 5) is 24.4. The Morgan fingerprint density at radius 3 is 2.24 bits per heavy atom. The quantitative estimate of drug-likeness (QED) is 0.747. The normalized spacial score (nSPS) is 11.6. The van der Waals surface area contributed by atoms with E-state index in [9.17, 15) is 9.59 Å². The van der Waals surface area contributed by atoms with Gasteiger partial charge < -0.3 is 10.0 Å². The van der Waals surface area contributed by atoms with Gasteiger partial charge in [0.15, 0.2) is 0 Å². The highest BCUT2D eigenvalue weighted by Gasteiger charge is 2.32. The maximum absolute atomic E-state index is 12.0. The predicted molar refractivity (Wildman–Crippen MR) is 67.7 cm³/mol. The molecule has 0 aromatic rings. The molecule has 0 aromatic carbocycles.